The van der Waals surface area contributed by atoms with Gasteiger partial charge in [-0.05, 0) is 35.2 Å². The van der Waals surface area contributed by atoms with E-state index in [4.69, 9.17) is 0 Å². The molecule has 0 aliphatic heterocycles. The topological polar surface area (TPSA) is 70.6 Å². The number of benzene rings is 2. The standard InChI is InChI=1S/C19H24FN3O2S.HI/c1-14-4-5-17(10-18(14)20)12-23-19(21-2)22-11-15-6-8-16(9-7-15)13-26(3,24)25;/h4-10H,11-13H2,1-3H3,(H2,21,22,23);1H. The van der Waals surface area contributed by atoms with Crippen molar-refractivity contribution in [3.8, 4) is 0 Å². The molecule has 0 saturated heterocycles. The van der Waals surface area contributed by atoms with E-state index in [2.05, 4.69) is 15.6 Å². The molecule has 0 heterocycles. The first-order chi connectivity index (χ1) is 12.3. The van der Waals surface area contributed by atoms with Crippen LogP contribution in [0, 0.1) is 12.7 Å². The number of aliphatic imine (C=N–C) groups is 1. The van der Waals surface area contributed by atoms with Crippen molar-refractivity contribution in [2.45, 2.75) is 25.8 Å². The molecule has 2 N–H and O–H groups in total. The highest BCUT2D eigenvalue weighted by Crippen LogP contribution is 2.09. The number of halogens is 2. The molecular formula is C19H25FIN3O2S. The van der Waals surface area contributed by atoms with Gasteiger partial charge in [0.15, 0.2) is 15.8 Å². The van der Waals surface area contributed by atoms with E-state index in [-0.39, 0.29) is 35.5 Å². The van der Waals surface area contributed by atoms with E-state index in [9.17, 15) is 12.8 Å². The lowest BCUT2D eigenvalue weighted by Gasteiger charge is -2.12. The zero-order valence-electron chi connectivity index (χ0n) is 15.6. The van der Waals surface area contributed by atoms with Gasteiger partial charge in [-0.1, -0.05) is 36.4 Å². The van der Waals surface area contributed by atoms with Crippen LogP contribution in [-0.2, 0) is 28.7 Å². The molecule has 0 bridgehead atoms. The molecule has 2 aromatic rings. The number of rotatable bonds is 6. The minimum atomic E-state index is -3.03. The van der Waals surface area contributed by atoms with Gasteiger partial charge in [0.05, 0.1) is 5.75 Å². The Bertz CT molecular complexity index is 884. The molecule has 0 fully saturated rings. The van der Waals surface area contributed by atoms with Gasteiger partial charge in [0.2, 0.25) is 0 Å². The summed E-state index contributed by atoms with van der Waals surface area (Å²) in [5, 5.41) is 6.31. The average Bonchev–Trinajstić information content (AvgIpc) is 2.58. The van der Waals surface area contributed by atoms with Crippen LogP contribution in [0.25, 0.3) is 0 Å². The Morgan fingerprint density at radius 2 is 1.52 bits per heavy atom. The first-order valence-corrected chi connectivity index (χ1v) is 10.3. The molecule has 27 heavy (non-hydrogen) atoms. The van der Waals surface area contributed by atoms with Crippen molar-refractivity contribution in [2.75, 3.05) is 13.3 Å². The number of hydrogen-bond donors (Lipinski definition) is 2. The van der Waals surface area contributed by atoms with E-state index in [1.807, 2.05) is 30.3 Å². The maximum Gasteiger partial charge on any atom is 0.191 e. The largest absolute Gasteiger partial charge is 0.352 e. The summed E-state index contributed by atoms with van der Waals surface area (Å²) in [6, 6.07) is 12.5. The third-order valence-corrected chi connectivity index (χ3v) is 4.69. The zero-order valence-corrected chi connectivity index (χ0v) is 18.8. The molecule has 0 amide bonds. The predicted octanol–water partition coefficient (Wildman–Crippen LogP) is 3.16. The van der Waals surface area contributed by atoms with Crippen LogP contribution in [0.3, 0.4) is 0 Å². The lowest BCUT2D eigenvalue weighted by atomic mass is 10.1. The summed E-state index contributed by atoms with van der Waals surface area (Å²) < 4.78 is 36.2. The molecule has 0 saturated carbocycles. The summed E-state index contributed by atoms with van der Waals surface area (Å²) >= 11 is 0. The van der Waals surface area contributed by atoms with Crippen molar-refractivity contribution in [3.63, 3.8) is 0 Å². The Balaban J connectivity index is 0.00000364. The first-order valence-electron chi connectivity index (χ1n) is 8.22. The maximum absolute atomic E-state index is 13.6. The smallest absolute Gasteiger partial charge is 0.191 e. The number of nitrogens with zero attached hydrogens (tertiary/aromatic N) is 1. The van der Waals surface area contributed by atoms with Crippen LogP contribution < -0.4 is 10.6 Å². The Hall–Kier alpha value is -1.68. The van der Waals surface area contributed by atoms with Crippen LogP contribution in [-0.4, -0.2) is 27.7 Å². The summed E-state index contributed by atoms with van der Waals surface area (Å²) in [6.45, 7) is 2.74. The van der Waals surface area contributed by atoms with Crippen LogP contribution >= 0.6 is 24.0 Å². The van der Waals surface area contributed by atoms with Crippen LogP contribution in [0.15, 0.2) is 47.5 Å². The third-order valence-electron chi connectivity index (χ3n) is 3.83. The van der Waals surface area contributed by atoms with E-state index in [0.29, 0.717) is 24.6 Å². The Morgan fingerprint density at radius 3 is 2.04 bits per heavy atom. The van der Waals surface area contributed by atoms with Gasteiger partial charge in [0.1, 0.15) is 5.82 Å². The lowest BCUT2D eigenvalue weighted by Crippen LogP contribution is -2.36. The summed E-state index contributed by atoms with van der Waals surface area (Å²) in [4.78, 5) is 4.15. The number of guanidine groups is 1. The molecule has 0 aromatic heterocycles. The summed E-state index contributed by atoms with van der Waals surface area (Å²) in [6.07, 6.45) is 1.22. The second-order valence-electron chi connectivity index (χ2n) is 6.25. The third kappa shape index (κ3) is 8.25. The van der Waals surface area contributed by atoms with Crippen molar-refractivity contribution >= 4 is 39.8 Å². The van der Waals surface area contributed by atoms with Crippen molar-refractivity contribution in [2.24, 2.45) is 4.99 Å². The van der Waals surface area contributed by atoms with E-state index in [1.165, 1.54) is 12.3 Å². The molecule has 2 aromatic carbocycles. The fourth-order valence-electron chi connectivity index (χ4n) is 2.39. The zero-order chi connectivity index (χ0) is 19.2. The predicted molar refractivity (Wildman–Crippen MR) is 119 cm³/mol. The molecule has 0 unspecified atom stereocenters. The molecule has 5 nitrogen and oxygen atoms in total. The maximum atomic E-state index is 13.6. The SMILES string of the molecule is CN=C(NCc1ccc(CS(C)(=O)=O)cc1)NCc1ccc(C)c(F)c1.I. The van der Waals surface area contributed by atoms with Gasteiger partial charge in [0.25, 0.3) is 0 Å². The van der Waals surface area contributed by atoms with E-state index in [1.54, 1.807) is 20.0 Å². The van der Waals surface area contributed by atoms with Gasteiger partial charge in [0, 0.05) is 26.4 Å². The van der Waals surface area contributed by atoms with Gasteiger partial charge in [-0.2, -0.15) is 0 Å². The van der Waals surface area contributed by atoms with E-state index < -0.39 is 9.84 Å². The van der Waals surface area contributed by atoms with E-state index in [0.717, 1.165) is 16.7 Å². The molecule has 8 heteroatoms. The molecule has 0 aliphatic carbocycles. The van der Waals surface area contributed by atoms with E-state index >= 15 is 0 Å². The van der Waals surface area contributed by atoms with Gasteiger partial charge < -0.3 is 10.6 Å². The van der Waals surface area contributed by atoms with Crippen molar-refractivity contribution < 1.29 is 12.8 Å². The van der Waals surface area contributed by atoms with Crippen molar-refractivity contribution in [3.05, 3.63) is 70.5 Å². The van der Waals surface area contributed by atoms with Crippen LogP contribution in [0.1, 0.15) is 22.3 Å². The number of sulfone groups is 1. The van der Waals surface area contributed by atoms with Crippen molar-refractivity contribution in [1.82, 2.24) is 10.6 Å². The fourth-order valence-corrected chi connectivity index (χ4v) is 3.19. The minimum Gasteiger partial charge on any atom is -0.352 e. The van der Waals surface area contributed by atoms with Crippen molar-refractivity contribution in [1.29, 1.82) is 0 Å². The summed E-state index contributed by atoms with van der Waals surface area (Å²) in [7, 11) is -1.36. The molecule has 0 spiro atoms. The summed E-state index contributed by atoms with van der Waals surface area (Å²) in [5.41, 5.74) is 3.23. The van der Waals surface area contributed by atoms with Gasteiger partial charge in [-0.3, -0.25) is 4.99 Å². The Kier molecular flexibility index (Phi) is 9.17. The highest BCUT2D eigenvalue weighted by Gasteiger charge is 2.05. The monoisotopic (exact) mass is 505 g/mol. The second kappa shape index (κ2) is 10.6. The Morgan fingerprint density at radius 1 is 1.00 bits per heavy atom. The normalized spacial score (nSPS) is 11.6. The molecule has 148 valence electrons. The van der Waals surface area contributed by atoms with Crippen LogP contribution in [0.2, 0.25) is 0 Å². The molecule has 0 aliphatic rings. The fraction of sp³-hybridized carbons (Fsp3) is 0.316. The Labute approximate surface area is 177 Å². The quantitative estimate of drug-likeness (QED) is 0.360. The molecule has 0 radical (unpaired) electrons. The van der Waals surface area contributed by atoms with Gasteiger partial charge in [-0.25, -0.2) is 12.8 Å². The summed E-state index contributed by atoms with van der Waals surface area (Å²) in [5.74, 6) is 0.421. The first kappa shape index (κ1) is 23.4. The van der Waals surface area contributed by atoms with Crippen LogP contribution in [0.4, 0.5) is 4.39 Å². The molecular weight excluding hydrogens is 480 g/mol. The van der Waals surface area contributed by atoms with Gasteiger partial charge >= 0.3 is 0 Å². The lowest BCUT2D eigenvalue weighted by molar-refractivity contribution is 0.601. The molecule has 2 rings (SSSR count). The van der Waals surface area contributed by atoms with Gasteiger partial charge in [-0.15, -0.1) is 24.0 Å². The second-order valence-corrected chi connectivity index (χ2v) is 8.39. The number of aryl methyl sites for hydroxylation is 1. The van der Waals surface area contributed by atoms with Crippen LogP contribution in [0.5, 0.6) is 0 Å². The number of nitrogens with one attached hydrogen (secondary N) is 2. The number of hydrogen-bond acceptors (Lipinski definition) is 3. The highest BCUT2D eigenvalue weighted by atomic mass is 127. The minimum absolute atomic E-state index is 0. The highest BCUT2D eigenvalue weighted by molar-refractivity contribution is 14.0. The average molecular weight is 505 g/mol. The molecule has 0 atom stereocenters.